The summed E-state index contributed by atoms with van der Waals surface area (Å²) in [6.07, 6.45) is 1.23. The summed E-state index contributed by atoms with van der Waals surface area (Å²) in [7, 11) is 0. The van der Waals surface area contributed by atoms with Crippen molar-refractivity contribution in [3.05, 3.63) is 24.3 Å². The maximum absolute atomic E-state index is 12.1. The van der Waals surface area contributed by atoms with Crippen molar-refractivity contribution in [2.45, 2.75) is 50.6 Å². The van der Waals surface area contributed by atoms with Crippen LogP contribution in [0.1, 0.15) is 32.1 Å². The van der Waals surface area contributed by atoms with Crippen molar-refractivity contribution in [1.82, 2.24) is 4.90 Å². The summed E-state index contributed by atoms with van der Waals surface area (Å²) in [5.74, 6) is 0.0171. The minimum absolute atomic E-state index is 0. The molecule has 0 spiro atoms. The van der Waals surface area contributed by atoms with Crippen molar-refractivity contribution >= 4 is 35.6 Å². The van der Waals surface area contributed by atoms with Gasteiger partial charge in [-0.2, -0.15) is 0 Å². The largest absolute Gasteiger partial charge is 0.573 e. The fourth-order valence-corrected chi connectivity index (χ4v) is 3.36. The molecule has 0 amide bonds. The van der Waals surface area contributed by atoms with Crippen LogP contribution >= 0.6 is 24.0 Å². The normalized spacial score (nSPS) is 24.3. The highest BCUT2D eigenvalue weighted by Gasteiger charge is 2.34. The molecule has 146 valence electrons. The van der Waals surface area contributed by atoms with Crippen molar-refractivity contribution in [1.29, 1.82) is 0 Å². The van der Waals surface area contributed by atoms with E-state index in [1.54, 1.807) is 0 Å². The molecule has 0 bridgehead atoms. The number of alkyl halides is 3. The first kappa shape index (κ1) is 21.1. The Morgan fingerprint density at radius 3 is 2.31 bits per heavy atom. The van der Waals surface area contributed by atoms with Gasteiger partial charge in [-0.25, -0.2) is 4.99 Å². The molecular weight excluding hydrogens is 460 g/mol. The molecule has 2 aliphatic rings. The van der Waals surface area contributed by atoms with E-state index in [0.717, 1.165) is 12.8 Å². The van der Waals surface area contributed by atoms with Gasteiger partial charge in [0.2, 0.25) is 0 Å². The molecule has 0 unspecified atom stereocenters. The van der Waals surface area contributed by atoms with E-state index < -0.39 is 6.36 Å². The Bertz CT molecular complexity index is 597. The van der Waals surface area contributed by atoms with Crippen LogP contribution in [-0.2, 0) is 0 Å². The zero-order valence-corrected chi connectivity index (χ0v) is 16.7. The number of ether oxygens (including phenoxy) is 1. The number of nitrogens with zero attached hydrogens (tertiary/aromatic N) is 2. The predicted octanol–water partition coefficient (Wildman–Crippen LogP) is 3.95. The Morgan fingerprint density at radius 2 is 1.73 bits per heavy atom. The summed E-state index contributed by atoms with van der Waals surface area (Å²) in [5.41, 5.74) is 6.47. The molecule has 1 heterocycles. The van der Waals surface area contributed by atoms with Gasteiger partial charge in [0.25, 0.3) is 0 Å². The lowest BCUT2D eigenvalue weighted by molar-refractivity contribution is -0.274. The Balaban J connectivity index is 0.00000243. The zero-order valence-electron chi connectivity index (χ0n) is 14.3. The van der Waals surface area contributed by atoms with Crippen LogP contribution in [0.4, 0.5) is 18.9 Å². The minimum atomic E-state index is -4.69. The molecule has 0 atom stereocenters. The fourth-order valence-electron chi connectivity index (χ4n) is 3.36. The Labute approximate surface area is 168 Å². The summed E-state index contributed by atoms with van der Waals surface area (Å²) in [4.78, 5) is 6.99. The van der Waals surface area contributed by atoms with Crippen LogP contribution in [0, 0.1) is 0 Å². The molecule has 0 radical (unpaired) electrons. The monoisotopic (exact) mass is 484 g/mol. The number of piperidine rings is 1. The molecule has 1 aliphatic carbocycles. The average molecular weight is 484 g/mol. The first-order valence-corrected chi connectivity index (χ1v) is 8.59. The van der Waals surface area contributed by atoms with Crippen LogP contribution in [0.3, 0.4) is 0 Å². The second-order valence-corrected chi connectivity index (χ2v) is 6.59. The highest BCUT2D eigenvalue weighted by Crippen LogP contribution is 2.30. The number of halogens is 4. The smallest absolute Gasteiger partial charge is 0.406 e. The summed E-state index contributed by atoms with van der Waals surface area (Å²) >= 11 is 0. The molecule has 3 rings (SSSR count). The molecule has 1 aromatic rings. The molecule has 0 aromatic heterocycles. The van der Waals surface area contributed by atoms with Crippen LogP contribution in [0.5, 0.6) is 5.75 Å². The summed E-state index contributed by atoms with van der Waals surface area (Å²) < 4.78 is 40.2. The SMILES string of the molecule is I.NC(=NC1CC(N2CCCCC2)C1)Nc1ccc(OC(F)(F)F)cc1. The van der Waals surface area contributed by atoms with Crippen LogP contribution < -0.4 is 15.8 Å². The highest BCUT2D eigenvalue weighted by molar-refractivity contribution is 14.0. The topological polar surface area (TPSA) is 62.9 Å². The van der Waals surface area contributed by atoms with E-state index in [0.29, 0.717) is 11.7 Å². The number of guanidine groups is 1. The van der Waals surface area contributed by atoms with Gasteiger partial charge in [-0.1, -0.05) is 6.42 Å². The third-order valence-corrected chi connectivity index (χ3v) is 4.68. The van der Waals surface area contributed by atoms with E-state index in [1.165, 1.54) is 56.6 Å². The molecule has 2 fully saturated rings. The number of rotatable bonds is 4. The maximum Gasteiger partial charge on any atom is 0.573 e. The second kappa shape index (κ2) is 9.12. The van der Waals surface area contributed by atoms with Crippen molar-refractivity contribution in [3.8, 4) is 5.75 Å². The van der Waals surface area contributed by atoms with E-state index in [-0.39, 0.29) is 41.7 Å². The lowest BCUT2D eigenvalue weighted by Gasteiger charge is -2.43. The van der Waals surface area contributed by atoms with Gasteiger partial charge in [0.05, 0.1) is 6.04 Å². The Hall–Kier alpha value is -1.23. The average Bonchev–Trinajstić information content (AvgIpc) is 2.52. The van der Waals surface area contributed by atoms with Crippen LogP contribution in [0.25, 0.3) is 0 Å². The first-order valence-electron chi connectivity index (χ1n) is 8.59. The van der Waals surface area contributed by atoms with Crippen LogP contribution in [0.15, 0.2) is 29.3 Å². The Morgan fingerprint density at radius 1 is 1.12 bits per heavy atom. The Kier molecular flexibility index (Phi) is 7.39. The lowest BCUT2D eigenvalue weighted by atomic mass is 9.85. The third-order valence-electron chi connectivity index (χ3n) is 4.68. The number of benzene rings is 1. The van der Waals surface area contributed by atoms with Crippen molar-refractivity contribution < 1.29 is 17.9 Å². The maximum atomic E-state index is 12.1. The molecule has 1 aliphatic heterocycles. The zero-order chi connectivity index (χ0) is 17.9. The predicted molar refractivity (Wildman–Crippen MR) is 106 cm³/mol. The van der Waals surface area contributed by atoms with Gasteiger partial charge >= 0.3 is 6.36 Å². The van der Waals surface area contributed by atoms with E-state index in [1.807, 2.05) is 0 Å². The fraction of sp³-hybridized carbons (Fsp3) is 0.588. The summed E-state index contributed by atoms with van der Waals surface area (Å²) in [6.45, 7) is 2.36. The number of hydrogen-bond donors (Lipinski definition) is 2. The van der Waals surface area contributed by atoms with E-state index in [4.69, 9.17) is 5.73 Å². The van der Waals surface area contributed by atoms with Gasteiger partial charge in [-0.3, -0.25) is 0 Å². The van der Waals surface area contributed by atoms with Gasteiger partial charge in [0, 0.05) is 11.7 Å². The minimum Gasteiger partial charge on any atom is -0.406 e. The molecule has 1 saturated heterocycles. The molecule has 5 nitrogen and oxygen atoms in total. The summed E-state index contributed by atoms with van der Waals surface area (Å²) in [5, 5.41) is 2.90. The second-order valence-electron chi connectivity index (χ2n) is 6.59. The number of likely N-dealkylation sites (tertiary alicyclic amines) is 1. The molecule has 26 heavy (non-hydrogen) atoms. The summed E-state index contributed by atoms with van der Waals surface area (Å²) in [6, 6.07) is 6.24. The van der Waals surface area contributed by atoms with E-state index in [9.17, 15) is 13.2 Å². The molecular formula is C17H24F3IN4O. The van der Waals surface area contributed by atoms with Crippen LogP contribution in [0.2, 0.25) is 0 Å². The number of hydrogen-bond acceptors (Lipinski definition) is 3. The van der Waals surface area contributed by atoms with Gasteiger partial charge in [0.1, 0.15) is 5.75 Å². The lowest BCUT2D eigenvalue weighted by Crippen LogP contribution is -2.49. The number of anilines is 1. The van der Waals surface area contributed by atoms with Gasteiger partial charge in [-0.05, 0) is 63.0 Å². The van der Waals surface area contributed by atoms with E-state index >= 15 is 0 Å². The number of nitrogens with one attached hydrogen (secondary N) is 1. The molecule has 9 heteroatoms. The highest BCUT2D eigenvalue weighted by atomic mass is 127. The van der Waals surface area contributed by atoms with Crippen molar-refractivity contribution in [3.63, 3.8) is 0 Å². The number of aliphatic imine (C=N–C) groups is 1. The van der Waals surface area contributed by atoms with Crippen LogP contribution in [-0.4, -0.2) is 42.4 Å². The molecule has 1 aromatic carbocycles. The third kappa shape index (κ3) is 6.19. The standard InChI is InChI=1S/C17H23F3N4O.HI/c18-17(19,20)25-15-6-4-12(5-7-15)22-16(21)23-13-10-14(11-13)24-8-2-1-3-9-24;/h4-7,13-14H,1-3,8-11H2,(H3,21,22,23);1H. The van der Waals surface area contributed by atoms with Crippen molar-refractivity contribution in [2.75, 3.05) is 18.4 Å². The van der Waals surface area contributed by atoms with E-state index in [2.05, 4.69) is 19.9 Å². The van der Waals surface area contributed by atoms with Gasteiger partial charge < -0.3 is 20.7 Å². The number of nitrogens with two attached hydrogens (primary N) is 1. The van der Waals surface area contributed by atoms with Crippen molar-refractivity contribution in [2.24, 2.45) is 10.7 Å². The van der Waals surface area contributed by atoms with Gasteiger partial charge in [-0.15, -0.1) is 37.1 Å². The quantitative estimate of drug-likeness (QED) is 0.386. The van der Waals surface area contributed by atoms with Gasteiger partial charge in [0.15, 0.2) is 5.96 Å². The molecule has 1 saturated carbocycles. The molecule has 3 N–H and O–H groups in total. The first-order chi connectivity index (χ1) is 11.9.